The molecule has 2 aromatic carbocycles. The Balaban J connectivity index is 2.03. The SMILES string of the molecule is OC(c1ccccc1)C(c1ccccc1)n1cncn1. The van der Waals surface area contributed by atoms with Crippen molar-refractivity contribution >= 4 is 0 Å². The van der Waals surface area contributed by atoms with Crippen molar-refractivity contribution in [2.75, 3.05) is 0 Å². The van der Waals surface area contributed by atoms with Gasteiger partial charge in [0, 0.05) is 0 Å². The zero-order chi connectivity index (χ0) is 13.8. The highest BCUT2D eigenvalue weighted by molar-refractivity contribution is 5.26. The summed E-state index contributed by atoms with van der Waals surface area (Å²) in [5, 5.41) is 14.9. The van der Waals surface area contributed by atoms with Crippen LogP contribution in [0.25, 0.3) is 0 Å². The highest BCUT2D eigenvalue weighted by atomic mass is 16.3. The third-order valence-electron chi connectivity index (χ3n) is 3.30. The van der Waals surface area contributed by atoms with Gasteiger partial charge in [-0.05, 0) is 11.1 Å². The summed E-state index contributed by atoms with van der Waals surface area (Å²) < 4.78 is 1.69. The van der Waals surface area contributed by atoms with E-state index >= 15 is 0 Å². The first-order valence-electron chi connectivity index (χ1n) is 6.48. The molecular formula is C16H15N3O. The van der Waals surface area contributed by atoms with Crippen molar-refractivity contribution in [3.63, 3.8) is 0 Å². The molecule has 4 heteroatoms. The molecule has 0 fully saturated rings. The molecule has 4 nitrogen and oxygen atoms in total. The predicted molar refractivity (Wildman–Crippen MR) is 76.0 cm³/mol. The molecule has 1 N–H and O–H groups in total. The summed E-state index contributed by atoms with van der Waals surface area (Å²) in [5.74, 6) is 0. The van der Waals surface area contributed by atoms with Crippen LogP contribution < -0.4 is 0 Å². The Morgan fingerprint density at radius 1 is 0.850 bits per heavy atom. The zero-order valence-corrected chi connectivity index (χ0v) is 10.9. The number of aromatic nitrogens is 3. The summed E-state index contributed by atoms with van der Waals surface area (Å²) in [5.41, 5.74) is 1.85. The van der Waals surface area contributed by atoms with E-state index in [1.807, 2.05) is 60.7 Å². The molecule has 0 aliphatic heterocycles. The van der Waals surface area contributed by atoms with Crippen LogP contribution >= 0.6 is 0 Å². The van der Waals surface area contributed by atoms with E-state index in [9.17, 15) is 5.11 Å². The van der Waals surface area contributed by atoms with E-state index in [1.54, 1.807) is 11.0 Å². The third kappa shape index (κ3) is 2.46. The molecule has 0 saturated carbocycles. The van der Waals surface area contributed by atoms with E-state index in [0.717, 1.165) is 11.1 Å². The van der Waals surface area contributed by atoms with Crippen molar-refractivity contribution in [2.24, 2.45) is 0 Å². The maximum atomic E-state index is 10.7. The third-order valence-corrected chi connectivity index (χ3v) is 3.30. The van der Waals surface area contributed by atoms with Gasteiger partial charge in [-0.25, -0.2) is 9.67 Å². The molecule has 0 radical (unpaired) electrons. The van der Waals surface area contributed by atoms with E-state index in [4.69, 9.17) is 0 Å². The molecule has 1 aromatic heterocycles. The van der Waals surface area contributed by atoms with Crippen molar-refractivity contribution in [1.29, 1.82) is 0 Å². The van der Waals surface area contributed by atoms with Crippen LogP contribution in [-0.2, 0) is 0 Å². The van der Waals surface area contributed by atoms with E-state index in [2.05, 4.69) is 10.1 Å². The fraction of sp³-hybridized carbons (Fsp3) is 0.125. The summed E-state index contributed by atoms with van der Waals surface area (Å²) in [6.45, 7) is 0. The highest BCUT2D eigenvalue weighted by Crippen LogP contribution is 2.31. The lowest BCUT2D eigenvalue weighted by Crippen LogP contribution is -2.19. The number of benzene rings is 2. The van der Waals surface area contributed by atoms with Crippen molar-refractivity contribution < 1.29 is 5.11 Å². The van der Waals surface area contributed by atoms with Gasteiger partial charge in [-0.3, -0.25) is 0 Å². The molecule has 0 bridgehead atoms. The number of rotatable bonds is 4. The van der Waals surface area contributed by atoms with E-state index in [1.165, 1.54) is 6.33 Å². The van der Waals surface area contributed by atoms with Crippen LogP contribution in [0.3, 0.4) is 0 Å². The van der Waals surface area contributed by atoms with Crippen LogP contribution in [0.4, 0.5) is 0 Å². The number of hydrogen-bond donors (Lipinski definition) is 1. The van der Waals surface area contributed by atoms with Crippen LogP contribution in [-0.4, -0.2) is 19.9 Å². The van der Waals surface area contributed by atoms with Gasteiger partial charge in [0.1, 0.15) is 24.8 Å². The molecule has 0 saturated heterocycles. The lowest BCUT2D eigenvalue weighted by Gasteiger charge is -2.23. The van der Waals surface area contributed by atoms with Gasteiger partial charge in [0.05, 0.1) is 0 Å². The van der Waals surface area contributed by atoms with Crippen molar-refractivity contribution in [1.82, 2.24) is 14.8 Å². The summed E-state index contributed by atoms with van der Waals surface area (Å²) in [4.78, 5) is 3.99. The number of aliphatic hydroxyl groups excluding tert-OH is 1. The van der Waals surface area contributed by atoms with Crippen LogP contribution in [0.5, 0.6) is 0 Å². The van der Waals surface area contributed by atoms with Crippen LogP contribution in [0, 0.1) is 0 Å². The minimum Gasteiger partial charge on any atom is -0.386 e. The highest BCUT2D eigenvalue weighted by Gasteiger charge is 2.24. The molecule has 3 rings (SSSR count). The maximum Gasteiger partial charge on any atom is 0.137 e. The van der Waals surface area contributed by atoms with Gasteiger partial charge < -0.3 is 5.11 Å². The first-order chi connectivity index (χ1) is 9.86. The zero-order valence-electron chi connectivity index (χ0n) is 10.9. The van der Waals surface area contributed by atoms with Gasteiger partial charge in [0.25, 0.3) is 0 Å². The Bertz CT molecular complexity index is 638. The number of aliphatic hydroxyl groups is 1. The number of hydrogen-bond acceptors (Lipinski definition) is 3. The Labute approximate surface area is 117 Å². The van der Waals surface area contributed by atoms with Gasteiger partial charge in [0.2, 0.25) is 0 Å². The van der Waals surface area contributed by atoms with Gasteiger partial charge >= 0.3 is 0 Å². The van der Waals surface area contributed by atoms with Crippen molar-refractivity contribution in [3.8, 4) is 0 Å². The van der Waals surface area contributed by atoms with Crippen LogP contribution in [0.15, 0.2) is 73.3 Å². The topological polar surface area (TPSA) is 50.9 Å². The average molecular weight is 265 g/mol. The second-order valence-corrected chi connectivity index (χ2v) is 4.59. The second-order valence-electron chi connectivity index (χ2n) is 4.59. The van der Waals surface area contributed by atoms with E-state index in [0.29, 0.717) is 0 Å². The lowest BCUT2D eigenvalue weighted by atomic mass is 9.96. The maximum absolute atomic E-state index is 10.7. The molecule has 2 atom stereocenters. The molecule has 0 aliphatic carbocycles. The summed E-state index contributed by atoms with van der Waals surface area (Å²) >= 11 is 0. The van der Waals surface area contributed by atoms with Gasteiger partial charge in [-0.15, -0.1) is 0 Å². The molecule has 0 spiro atoms. The molecule has 3 aromatic rings. The fourth-order valence-electron chi connectivity index (χ4n) is 2.32. The molecule has 0 amide bonds. The minimum atomic E-state index is -0.680. The van der Waals surface area contributed by atoms with Gasteiger partial charge in [0.15, 0.2) is 0 Å². The Morgan fingerprint density at radius 2 is 1.45 bits per heavy atom. The quantitative estimate of drug-likeness (QED) is 0.789. The largest absolute Gasteiger partial charge is 0.386 e. The summed E-state index contributed by atoms with van der Waals surface area (Å²) in [7, 11) is 0. The van der Waals surface area contributed by atoms with Crippen LogP contribution in [0.2, 0.25) is 0 Å². The normalized spacial score (nSPS) is 13.8. The molecule has 0 aliphatic rings. The summed E-state index contributed by atoms with van der Waals surface area (Å²) in [6, 6.07) is 19.1. The van der Waals surface area contributed by atoms with Crippen molar-refractivity contribution in [3.05, 3.63) is 84.4 Å². The lowest BCUT2D eigenvalue weighted by molar-refractivity contribution is 0.125. The summed E-state index contributed by atoms with van der Waals surface area (Å²) in [6.07, 6.45) is 2.43. The van der Waals surface area contributed by atoms with Crippen LogP contribution in [0.1, 0.15) is 23.3 Å². The predicted octanol–water partition coefficient (Wildman–Crippen LogP) is 2.60. The molecule has 20 heavy (non-hydrogen) atoms. The monoisotopic (exact) mass is 265 g/mol. The molecule has 100 valence electrons. The molecular weight excluding hydrogens is 250 g/mol. The van der Waals surface area contributed by atoms with Crippen molar-refractivity contribution in [2.45, 2.75) is 12.1 Å². The first-order valence-corrected chi connectivity index (χ1v) is 6.48. The standard InChI is InChI=1S/C16H15N3O/c20-16(14-9-5-2-6-10-14)15(19-12-17-11-18-19)13-7-3-1-4-8-13/h1-12,15-16,20H. The Kier molecular flexibility index (Phi) is 3.56. The Hall–Kier alpha value is -2.46. The van der Waals surface area contributed by atoms with Gasteiger partial charge in [-0.2, -0.15) is 5.10 Å². The minimum absolute atomic E-state index is 0.291. The number of nitrogens with zero attached hydrogens (tertiary/aromatic N) is 3. The van der Waals surface area contributed by atoms with Gasteiger partial charge in [-0.1, -0.05) is 60.7 Å². The fourth-order valence-corrected chi connectivity index (χ4v) is 2.32. The Morgan fingerprint density at radius 3 is 2.00 bits per heavy atom. The average Bonchev–Trinajstić information content (AvgIpc) is 3.03. The molecule has 2 unspecified atom stereocenters. The van der Waals surface area contributed by atoms with E-state index < -0.39 is 6.10 Å². The second kappa shape index (κ2) is 5.67. The first kappa shape index (κ1) is 12.6. The molecule has 1 heterocycles. The smallest absolute Gasteiger partial charge is 0.137 e. The van der Waals surface area contributed by atoms with E-state index in [-0.39, 0.29) is 6.04 Å².